The first-order chi connectivity index (χ1) is 7.20. The molecule has 0 radical (unpaired) electrons. The first-order valence-electron chi connectivity index (χ1n) is 5.64. The topological polar surface area (TPSA) is 41.1 Å². The van der Waals surface area contributed by atoms with Crippen LogP contribution in [0.2, 0.25) is 0 Å². The second-order valence-corrected chi connectivity index (χ2v) is 3.70. The average Bonchev–Trinajstić information content (AvgIpc) is 2.25. The lowest BCUT2D eigenvalue weighted by Gasteiger charge is -2.10. The van der Waals surface area contributed by atoms with Crippen molar-refractivity contribution in [1.82, 2.24) is 10.6 Å². The first kappa shape index (κ1) is 14.0. The summed E-state index contributed by atoms with van der Waals surface area (Å²) in [6.07, 6.45) is 8.89. The Morgan fingerprint density at radius 2 is 2.20 bits per heavy atom. The highest BCUT2D eigenvalue weighted by Crippen LogP contribution is 1.91. The third-order valence-electron chi connectivity index (χ3n) is 2.29. The zero-order valence-electron chi connectivity index (χ0n) is 9.81. The molecule has 0 saturated carbocycles. The van der Waals surface area contributed by atoms with Gasteiger partial charge in [0.2, 0.25) is 5.91 Å². The van der Waals surface area contributed by atoms with Gasteiger partial charge in [-0.05, 0) is 26.2 Å². The van der Waals surface area contributed by atoms with Gasteiger partial charge in [0.05, 0.1) is 6.54 Å². The summed E-state index contributed by atoms with van der Waals surface area (Å²) in [5, 5.41) is 5.99. The normalized spacial score (nSPS) is 11.8. The van der Waals surface area contributed by atoms with E-state index in [0.717, 1.165) is 32.2 Å². The van der Waals surface area contributed by atoms with E-state index in [2.05, 4.69) is 30.4 Å². The summed E-state index contributed by atoms with van der Waals surface area (Å²) in [6, 6.07) is 0.400. The molecule has 0 fully saturated rings. The van der Waals surface area contributed by atoms with Crippen molar-refractivity contribution in [3.63, 3.8) is 0 Å². The molecule has 86 valence electrons. The van der Waals surface area contributed by atoms with E-state index in [-0.39, 0.29) is 5.91 Å². The van der Waals surface area contributed by atoms with Crippen molar-refractivity contribution in [2.24, 2.45) is 0 Å². The lowest BCUT2D eigenvalue weighted by atomic mass is 10.2. The third kappa shape index (κ3) is 9.30. The van der Waals surface area contributed by atoms with Gasteiger partial charge >= 0.3 is 0 Å². The van der Waals surface area contributed by atoms with Crippen molar-refractivity contribution < 1.29 is 4.79 Å². The van der Waals surface area contributed by atoms with Crippen LogP contribution in [0, 0.1) is 12.3 Å². The minimum atomic E-state index is 0.0657. The van der Waals surface area contributed by atoms with E-state index < -0.39 is 0 Å². The Morgan fingerprint density at radius 1 is 1.47 bits per heavy atom. The van der Waals surface area contributed by atoms with Gasteiger partial charge in [-0.3, -0.25) is 4.79 Å². The van der Waals surface area contributed by atoms with Gasteiger partial charge in [-0.1, -0.05) is 6.92 Å². The Labute approximate surface area is 93.0 Å². The molecule has 15 heavy (non-hydrogen) atoms. The molecule has 0 aliphatic rings. The van der Waals surface area contributed by atoms with Gasteiger partial charge < -0.3 is 10.6 Å². The largest absolute Gasteiger partial charge is 0.355 e. The number of terminal acetylenes is 1. The molecule has 1 atom stereocenters. The maximum Gasteiger partial charge on any atom is 0.233 e. The molecule has 1 amide bonds. The SMILES string of the molecule is C#CCCCCNC(=O)CNC(C)CC. The van der Waals surface area contributed by atoms with Crippen molar-refractivity contribution in [3.05, 3.63) is 0 Å². The van der Waals surface area contributed by atoms with E-state index in [1.54, 1.807) is 0 Å². The molecule has 2 N–H and O–H groups in total. The fraction of sp³-hybridized carbons (Fsp3) is 0.750. The van der Waals surface area contributed by atoms with Crippen molar-refractivity contribution in [3.8, 4) is 12.3 Å². The Bertz CT molecular complexity index is 208. The van der Waals surface area contributed by atoms with Crippen LogP contribution in [-0.2, 0) is 4.79 Å². The minimum Gasteiger partial charge on any atom is -0.355 e. The lowest BCUT2D eigenvalue weighted by molar-refractivity contribution is -0.120. The lowest BCUT2D eigenvalue weighted by Crippen LogP contribution is -2.38. The van der Waals surface area contributed by atoms with Crippen molar-refractivity contribution in [2.75, 3.05) is 13.1 Å². The molecule has 0 bridgehead atoms. The smallest absolute Gasteiger partial charge is 0.233 e. The van der Waals surface area contributed by atoms with E-state index in [9.17, 15) is 4.79 Å². The Morgan fingerprint density at radius 3 is 2.80 bits per heavy atom. The molecular weight excluding hydrogens is 188 g/mol. The van der Waals surface area contributed by atoms with Crippen LogP contribution in [-0.4, -0.2) is 25.0 Å². The van der Waals surface area contributed by atoms with E-state index in [1.165, 1.54) is 0 Å². The standard InChI is InChI=1S/C12H22N2O/c1-4-6-7-8-9-13-12(15)10-14-11(3)5-2/h1,11,14H,5-10H2,2-3H3,(H,13,15). The molecule has 0 rings (SSSR count). The summed E-state index contributed by atoms with van der Waals surface area (Å²) < 4.78 is 0. The fourth-order valence-electron chi connectivity index (χ4n) is 1.05. The van der Waals surface area contributed by atoms with Crippen LogP contribution in [0.5, 0.6) is 0 Å². The van der Waals surface area contributed by atoms with Crippen LogP contribution in [0.3, 0.4) is 0 Å². The van der Waals surface area contributed by atoms with Crippen LogP contribution in [0.1, 0.15) is 39.5 Å². The zero-order chi connectivity index (χ0) is 11.5. The molecule has 0 aromatic heterocycles. The molecule has 0 aliphatic carbocycles. The Balaban J connectivity index is 3.30. The maximum atomic E-state index is 11.3. The molecule has 0 aromatic rings. The molecule has 0 saturated heterocycles. The van der Waals surface area contributed by atoms with Crippen molar-refractivity contribution in [1.29, 1.82) is 0 Å². The number of hydrogen-bond acceptors (Lipinski definition) is 2. The molecular formula is C12H22N2O. The van der Waals surface area contributed by atoms with Crippen LogP contribution in [0.25, 0.3) is 0 Å². The molecule has 0 spiro atoms. The number of hydrogen-bond donors (Lipinski definition) is 2. The number of rotatable bonds is 8. The van der Waals surface area contributed by atoms with E-state index >= 15 is 0 Å². The maximum absolute atomic E-state index is 11.3. The summed E-state index contributed by atoms with van der Waals surface area (Å²) in [7, 11) is 0. The Hall–Kier alpha value is -1.01. The fourth-order valence-corrected chi connectivity index (χ4v) is 1.05. The third-order valence-corrected chi connectivity index (χ3v) is 2.29. The molecule has 0 heterocycles. The summed E-state index contributed by atoms with van der Waals surface area (Å²) in [4.78, 5) is 11.3. The monoisotopic (exact) mass is 210 g/mol. The average molecular weight is 210 g/mol. The predicted octanol–water partition coefficient (Wildman–Crippen LogP) is 1.29. The second kappa shape index (κ2) is 9.54. The van der Waals surface area contributed by atoms with Gasteiger partial charge in [0.25, 0.3) is 0 Å². The number of nitrogens with one attached hydrogen (secondary N) is 2. The number of amides is 1. The highest BCUT2D eigenvalue weighted by atomic mass is 16.1. The summed E-state index contributed by atoms with van der Waals surface area (Å²) in [5.74, 6) is 2.64. The minimum absolute atomic E-state index is 0.0657. The van der Waals surface area contributed by atoms with E-state index in [0.29, 0.717) is 12.6 Å². The summed E-state index contributed by atoms with van der Waals surface area (Å²) in [6.45, 7) is 5.29. The van der Waals surface area contributed by atoms with Gasteiger partial charge in [0, 0.05) is 19.0 Å². The second-order valence-electron chi connectivity index (χ2n) is 3.70. The predicted molar refractivity (Wildman–Crippen MR) is 63.4 cm³/mol. The van der Waals surface area contributed by atoms with Gasteiger partial charge in [0.1, 0.15) is 0 Å². The van der Waals surface area contributed by atoms with Crippen LogP contribution < -0.4 is 10.6 Å². The van der Waals surface area contributed by atoms with Crippen LogP contribution in [0.15, 0.2) is 0 Å². The molecule has 0 aliphatic heterocycles. The zero-order valence-corrected chi connectivity index (χ0v) is 9.81. The molecule has 1 unspecified atom stereocenters. The van der Waals surface area contributed by atoms with Gasteiger partial charge in [-0.15, -0.1) is 12.3 Å². The molecule has 0 aromatic carbocycles. The number of unbranched alkanes of at least 4 members (excludes halogenated alkanes) is 2. The summed E-state index contributed by atoms with van der Waals surface area (Å²) in [5.41, 5.74) is 0. The molecule has 3 nitrogen and oxygen atoms in total. The van der Waals surface area contributed by atoms with E-state index in [1.807, 2.05) is 0 Å². The number of carbonyl (C=O) groups excluding carboxylic acids is 1. The van der Waals surface area contributed by atoms with E-state index in [4.69, 9.17) is 6.42 Å². The van der Waals surface area contributed by atoms with Gasteiger partial charge in [0.15, 0.2) is 0 Å². The van der Waals surface area contributed by atoms with Crippen LogP contribution >= 0.6 is 0 Å². The highest BCUT2D eigenvalue weighted by Gasteiger charge is 2.02. The summed E-state index contributed by atoms with van der Waals surface area (Å²) >= 11 is 0. The van der Waals surface area contributed by atoms with Crippen LogP contribution in [0.4, 0.5) is 0 Å². The number of carbonyl (C=O) groups is 1. The van der Waals surface area contributed by atoms with Gasteiger partial charge in [-0.2, -0.15) is 0 Å². The Kier molecular flexibility index (Phi) is 8.90. The van der Waals surface area contributed by atoms with Crippen molar-refractivity contribution >= 4 is 5.91 Å². The first-order valence-corrected chi connectivity index (χ1v) is 5.64. The highest BCUT2D eigenvalue weighted by molar-refractivity contribution is 5.77. The van der Waals surface area contributed by atoms with Gasteiger partial charge in [-0.25, -0.2) is 0 Å². The molecule has 3 heteroatoms. The van der Waals surface area contributed by atoms with Crippen molar-refractivity contribution in [2.45, 2.75) is 45.6 Å². The quantitative estimate of drug-likeness (QED) is 0.468.